The van der Waals surface area contributed by atoms with E-state index < -0.39 is 0 Å². The molecule has 98 valence electrons. The van der Waals surface area contributed by atoms with Crippen molar-refractivity contribution in [1.29, 1.82) is 0 Å². The first-order chi connectivity index (χ1) is 8.01. The Morgan fingerprint density at radius 2 is 1.88 bits per heavy atom. The van der Waals surface area contributed by atoms with Crippen molar-refractivity contribution in [3.8, 4) is 0 Å². The maximum absolute atomic E-state index is 9.95. The van der Waals surface area contributed by atoms with Crippen LogP contribution in [0.25, 0.3) is 0 Å². The Hall–Kier alpha value is -0.0800. The van der Waals surface area contributed by atoms with Crippen LogP contribution in [-0.2, 0) is 0 Å². The quantitative estimate of drug-likeness (QED) is 0.758. The Morgan fingerprint density at radius 1 is 1.12 bits per heavy atom. The molecule has 2 nitrogen and oxygen atoms in total. The van der Waals surface area contributed by atoms with E-state index in [1.807, 2.05) is 0 Å². The molecule has 1 spiro atoms. The van der Waals surface area contributed by atoms with Crippen LogP contribution in [0, 0.1) is 10.8 Å². The molecule has 2 aliphatic carbocycles. The monoisotopic (exact) mass is 237 g/mol. The van der Waals surface area contributed by atoms with Crippen LogP contribution >= 0.6 is 0 Å². The second kappa shape index (κ2) is 3.96. The Bertz CT molecular complexity index is 295. The maximum atomic E-state index is 9.95. The molecular formula is C15H27NO. The van der Waals surface area contributed by atoms with Crippen molar-refractivity contribution in [1.82, 2.24) is 4.90 Å². The Labute approximate surface area is 105 Å². The number of likely N-dealkylation sites (tertiary alicyclic amines) is 1. The smallest absolute Gasteiger partial charge is 0.0555 e. The first-order valence-electron chi connectivity index (χ1n) is 7.43. The molecule has 0 radical (unpaired) electrons. The van der Waals surface area contributed by atoms with Crippen molar-refractivity contribution < 1.29 is 5.11 Å². The molecule has 0 aromatic rings. The number of hydrogen-bond acceptors (Lipinski definition) is 2. The molecule has 0 aromatic carbocycles. The van der Waals surface area contributed by atoms with Gasteiger partial charge >= 0.3 is 0 Å². The summed E-state index contributed by atoms with van der Waals surface area (Å²) >= 11 is 0. The molecule has 3 rings (SSSR count). The number of aliphatic hydroxyl groups is 1. The van der Waals surface area contributed by atoms with Crippen LogP contribution in [0.3, 0.4) is 0 Å². The standard InChI is InChI=1S/C15H27NO/c1-14(2)7-4-12(17)10-13(14)16-9-8-15(11-16)5-3-6-15/h12-13,17H,3-11H2,1-2H3. The summed E-state index contributed by atoms with van der Waals surface area (Å²) in [6, 6.07) is 0.617. The summed E-state index contributed by atoms with van der Waals surface area (Å²) in [6.45, 7) is 7.39. The second-order valence-electron chi connectivity index (χ2n) is 7.51. The second-order valence-corrected chi connectivity index (χ2v) is 7.51. The third-order valence-electron chi connectivity index (χ3n) is 5.84. The molecule has 1 aliphatic heterocycles. The van der Waals surface area contributed by atoms with Gasteiger partial charge in [0.1, 0.15) is 0 Å². The van der Waals surface area contributed by atoms with E-state index in [1.165, 1.54) is 45.2 Å². The van der Waals surface area contributed by atoms with Gasteiger partial charge in [-0.25, -0.2) is 0 Å². The Balaban J connectivity index is 1.70. The Morgan fingerprint density at radius 3 is 2.47 bits per heavy atom. The molecule has 2 atom stereocenters. The number of aliphatic hydroxyl groups excluding tert-OH is 1. The van der Waals surface area contributed by atoms with E-state index >= 15 is 0 Å². The predicted molar refractivity (Wildman–Crippen MR) is 69.9 cm³/mol. The van der Waals surface area contributed by atoms with E-state index in [2.05, 4.69) is 18.7 Å². The number of nitrogens with zero attached hydrogens (tertiary/aromatic N) is 1. The van der Waals surface area contributed by atoms with E-state index in [0.29, 0.717) is 16.9 Å². The summed E-state index contributed by atoms with van der Waals surface area (Å²) in [6.07, 6.45) is 8.91. The van der Waals surface area contributed by atoms with E-state index in [-0.39, 0.29) is 6.10 Å². The van der Waals surface area contributed by atoms with Gasteiger partial charge in [-0.15, -0.1) is 0 Å². The molecule has 2 heteroatoms. The Kier molecular flexibility index (Phi) is 2.79. The molecule has 0 bridgehead atoms. The molecule has 2 unspecified atom stereocenters. The highest BCUT2D eigenvalue weighted by molar-refractivity contribution is 5.01. The highest BCUT2D eigenvalue weighted by Gasteiger charge is 2.48. The summed E-state index contributed by atoms with van der Waals surface area (Å²) in [5.74, 6) is 0. The molecule has 1 heterocycles. The van der Waals surface area contributed by atoms with Gasteiger partial charge in [0.25, 0.3) is 0 Å². The average molecular weight is 237 g/mol. The minimum Gasteiger partial charge on any atom is -0.393 e. The lowest BCUT2D eigenvalue weighted by atomic mass is 9.68. The summed E-state index contributed by atoms with van der Waals surface area (Å²) in [7, 11) is 0. The minimum absolute atomic E-state index is 0.0500. The first-order valence-corrected chi connectivity index (χ1v) is 7.43. The maximum Gasteiger partial charge on any atom is 0.0555 e. The van der Waals surface area contributed by atoms with Gasteiger partial charge in [0.15, 0.2) is 0 Å². The first kappa shape index (κ1) is 12.0. The van der Waals surface area contributed by atoms with Crippen LogP contribution < -0.4 is 0 Å². The highest BCUT2D eigenvalue weighted by Crippen LogP contribution is 2.50. The van der Waals surface area contributed by atoms with Crippen molar-refractivity contribution in [2.75, 3.05) is 13.1 Å². The van der Waals surface area contributed by atoms with Gasteiger partial charge in [0.2, 0.25) is 0 Å². The molecular weight excluding hydrogens is 210 g/mol. The van der Waals surface area contributed by atoms with Crippen LogP contribution in [0.1, 0.15) is 58.8 Å². The lowest BCUT2D eigenvalue weighted by Gasteiger charge is -2.47. The van der Waals surface area contributed by atoms with E-state index in [1.54, 1.807) is 0 Å². The predicted octanol–water partition coefficient (Wildman–Crippen LogP) is 2.80. The molecule has 3 aliphatic rings. The fourth-order valence-corrected chi connectivity index (χ4v) is 4.36. The van der Waals surface area contributed by atoms with Crippen molar-refractivity contribution >= 4 is 0 Å². The zero-order valence-corrected chi connectivity index (χ0v) is 11.4. The molecule has 2 saturated carbocycles. The molecule has 3 fully saturated rings. The number of rotatable bonds is 1. The lowest BCUT2D eigenvalue weighted by molar-refractivity contribution is -0.0107. The summed E-state index contributed by atoms with van der Waals surface area (Å²) in [4.78, 5) is 2.71. The van der Waals surface area contributed by atoms with E-state index in [4.69, 9.17) is 0 Å². The fourth-order valence-electron chi connectivity index (χ4n) is 4.36. The molecule has 0 amide bonds. The van der Waals surface area contributed by atoms with E-state index in [0.717, 1.165) is 12.8 Å². The van der Waals surface area contributed by atoms with Crippen molar-refractivity contribution in [2.45, 2.75) is 70.9 Å². The van der Waals surface area contributed by atoms with Crippen molar-refractivity contribution in [3.63, 3.8) is 0 Å². The van der Waals surface area contributed by atoms with Crippen LogP contribution in [-0.4, -0.2) is 35.2 Å². The zero-order chi connectivity index (χ0) is 12.1. The number of hydrogen-bond donors (Lipinski definition) is 1. The van der Waals surface area contributed by atoms with Crippen molar-refractivity contribution in [2.24, 2.45) is 10.8 Å². The van der Waals surface area contributed by atoms with Gasteiger partial charge in [-0.05, 0) is 55.9 Å². The van der Waals surface area contributed by atoms with Crippen LogP contribution in [0.15, 0.2) is 0 Å². The van der Waals surface area contributed by atoms with Crippen LogP contribution in [0.4, 0.5) is 0 Å². The third kappa shape index (κ3) is 2.04. The fraction of sp³-hybridized carbons (Fsp3) is 1.00. The van der Waals surface area contributed by atoms with Crippen molar-refractivity contribution in [3.05, 3.63) is 0 Å². The molecule has 1 N–H and O–H groups in total. The summed E-state index contributed by atoms with van der Waals surface area (Å²) in [5.41, 5.74) is 1.09. The van der Waals surface area contributed by atoms with Crippen LogP contribution in [0.2, 0.25) is 0 Å². The SMILES string of the molecule is CC1(C)CCC(O)CC1N1CCC2(CCC2)C1. The minimum atomic E-state index is -0.0500. The van der Waals surface area contributed by atoms with Crippen LogP contribution in [0.5, 0.6) is 0 Å². The topological polar surface area (TPSA) is 23.5 Å². The van der Waals surface area contributed by atoms with Gasteiger partial charge in [-0.3, -0.25) is 4.90 Å². The van der Waals surface area contributed by atoms with Gasteiger partial charge in [0.05, 0.1) is 6.10 Å². The largest absolute Gasteiger partial charge is 0.393 e. The zero-order valence-electron chi connectivity index (χ0n) is 11.4. The summed E-state index contributed by atoms with van der Waals surface area (Å²) in [5, 5.41) is 9.95. The molecule has 1 saturated heterocycles. The molecule has 0 aromatic heterocycles. The van der Waals surface area contributed by atoms with Gasteiger partial charge < -0.3 is 5.11 Å². The summed E-state index contributed by atoms with van der Waals surface area (Å²) < 4.78 is 0. The third-order valence-corrected chi connectivity index (χ3v) is 5.84. The van der Waals surface area contributed by atoms with E-state index in [9.17, 15) is 5.11 Å². The normalized spacial score (nSPS) is 40.4. The molecule has 17 heavy (non-hydrogen) atoms. The average Bonchev–Trinajstić information content (AvgIpc) is 2.66. The van der Waals surface area contributed by atoms with Gasteiger partial charge in [-0.2, -0.15) is 0 Å². The van der Waals surface area contributed by atoms with Gasteiger partial charge in [-0.1, -0.05) is 20.3 Å². The van der Waals surface area contributed by atoms with Gasteiger partial charge in [0, 0.05) is 12.6 Å². The highest BCUT2D eigenvalue weighted by atomic mass is 16.3. The lowest BCUT2D eigenvalue weighted by Crippen LogP contribution is -2.50.